The number of piperidine rings is 1. The van der Waals surface area contributed by atoms with Gasteiger partial charge in [0.25, 0.3) is 0 Å². The fraction of sp³-hybridized carbons (Fsp3) is 0.385. The number of hydrogen-bond acceptors (Lipinski definition) is 3. The van der Waals surface area contributed by atoms with Gasteiger partial charge in [-0.15, -0.1) is 0 Å². The first-order valence-corrected chi connectivity index (χ1v) is 5.79. The predicted molar refractivity (Wildman–Crippen MR) is 63.2 cm³/mol. The Balaban J connectivity index is 1.93. The summed E-state index contributed by atoms with van der Waals surface area (Å²) in [5.74, 6) is -0.404. The van der Waals surface area contributed by atoms with Crippen molar-refractivity contribution in [2.45, 2.75) is 6.92 Å². The number of imide groups is 1. The predicted octanol–water partition coefficient (Wildman–Crippen LogP) is 0.689. The summed E-state index contributed by atoms with van der Waals surface area (Å²) >= 11 is 0. The minimum atomic E-state index is -0.159. The standard InChI is InChI=1S/C13H14N2O2/c1-7-3-2-4-8(5-7)15-12(16)10-9(6-14)11(10)13(15)17/h2-5,9-11H,6,14H2,1H3. The third kappa shape index (κ3) is 1.34. The SMILES string of the molecule is Cc1cccc(N2C(=O)C3C(CN)C3C2=O)c1. The van der Waals surface area contributed by atoms with E-state index in [1.807, 2.05) is 25.1 Å². The maximum absolute atomic E-state index is 12.1. The van der Waals surface area contributed by atoms with Gasteiger partial charge >= 0.3 is 0 Å². The third-order valence-corrected chi connectivity index (χ3v) is 3.71. The highest BCUT2D eigenvalue weighted by atomic mass is 16.2. The van der Waals surface area contributed by atoms with Crippen molar-refractivity contribution in [3.63, 3.8) is 0 Å². The Morgan fingerprint density at radius 2 is 1.88 bits per heavy atom. The number of fused-ring (bicyclic) bond motifs is 1. The molecule has 4 heteroatoms. The molecule has 2 atom stereocenters. The average Bonchev–Trinajstić information content (AvgIpc) is 2.97. The van der Waals surface area contributed by atoms with Gasteiger partial charge in [0.2, 0.25) is 11.8 Å². The Morgan fingerprint density at radius 1 is 1.24 bits per heavy atom. The number of aryl methyl sites for hydroxylation is 1. The molecule has 1 aliphatic heterocycles. The number of carbonyl (C=O) groups is 2. The molecule has 2 N–H and O–H groups in total. The normalized spacial score (nSPS) is 30.7. The first kappa shape index (κ1) is 10.5. The molecule has 1 saturated heterocycles. The number of carbonyl (C=O) groups excluding carboxylic acids is 2. The van der Waals surface area contributed by atoms with Crippen molar-refractivity contribution in [2.75, 3.05) is 11.4 Å². The van der Waals surface area contributed by atoms with Gasteiger partial charge in [-0.3, -0.25) is 14.5 Å². The van der Waals surface area contributed by atoms with Crippen molar-refractivity contribution >= 4 is 17.5 Å². The topological polar surface area (TPSA) is 63.4 Å². The maximum atomic E-state index is 12.1. The summed E-state index contributed by atoms with van der Waals surface area (Å²) in [6.07, 6.45) is 0. The van der Waals surface area contributed by atoms with Crippen LogP contribution in [0.25, 0.3) is 0 Å². The Kier molecular flexibility index (Phi) is 2.10. The lowest BCUT2D eigenvalue weighted by molar-refractivity contribution is -0.124. The Morgan fingerprint density at radius 3 is 2.41 bits per heavy atom. The maximum Gasteiger partial charge on any atom is 0.238 e. The highest BCUT2D eigenvalue weighted by Gasteiger charge is 2.66. The van der Waals surface area contributed by atoms with Gasteiger partial charge in [0.15, 0.2) is 0 Å². The van der Waals surface area contributed by atoms with Gasteiger partial charge in [0.1, 0.15) is 0 Å². The van der Waals surface area contributed by atoms with Crippen LogP contribution in [0.15, 0.2) is 24.3 Å². The first-order valence-electron chi connectivity index (χ1n) is 5.79. The lowest BCUT2D eigenvalue weighted by Gasteiger charge is -2.18. The molecule has 1 aliphatic carbocycles. The minimum Gasteiger partial charge on any atom is -0.330 e. The van der Waals surface area contributed by atoms with E-state index in [1.54, 1.807) is 6.07 Å². The molecule has 2 aliphatic rings. The van der Waals surface area contributed by atoms with Crippen molar-refractivity contribution in [1.29, 1.82) is 0 Å². The zero-order chi connectivity index (χ0) is 12.2. The average molecular weight is 230 g/mol. The van der Waals surface area contributed by atoms with Gasteiger partial charge in [-0.25, -0.2) is 0 Å². The fourth-order valence-electron chi connectivity index (χ4n) is 2.77. The number of hydrogen-bond donors (Lipinski definition) is 1. The quantitative estimate of drug-likeness (QED) is 0.760. The van der Waals surface area contributed by atoms with Crippen molar-refractivity contribution in [2.24, 2.45) is 23.5 Å². The summed E-state index contributed by atoms with van der Waals surface area (Å²) in [7, 11) is 0. The van der Waals surface area contributed by atoms with Crippen LogP contribution in [0.5, 0.6) is 0 Å². The zero-order valence-electron chi connectivity index (χ0n) is 9.59. The van der Waals surface area contributed by atoms with Crippen LogP contribution in [0.1, 0.15) is 5.56 Å². The highest BCUT2D eigenvalue weighted by Crippen LogP contribution is 2.53. The minimum absolute atomic E-state index is 0.0797. The van der Waals surface area contributed by atoms with Crippen molar-refractivity contribution in [3.8, 4) is 0 Å². The molecule has 17 heavy (non-hydrogen) atoms. The van der Waals surface area contributed by atoms with Crippen LogP contribution in [-0.4, -0.2) is 18.4 Å². The van der Waals surface area contributed by atoms with Gasteiger partial charge in [-0.1, -0.05) is 12.1 Å². The van der Waals surface area contributed by atoms with Crippen LogP contribution in [0.4, 0.5) is 5.69 Å². The molecule has 2 unspecified atom stereocenters. The number of benzene rings is 1. The summed E-state index contributed by atoms with van der Waals surface area (Å²) in [5, 5.41) is 0. The van der Waals surface area contributed by atoms with E-state index in [4.69, 9.17) is 5.73 Å². The number of anilines is 1. The summed E-state index contributed by atoms with van der Waals surface area (Å²) in [6, 6.07) is 7.45. The van der Waals surface area contributed by atoms with Crippen molar-refractivity contribution < 1.29 is 9.59 Å². The lowest BCUT2D eigenvalue weighted by Crippen LogP contribution is -2.35. The molecule has 1 aromatic rings. The van der Waals surface area contributed by atoms with Crippen LogP contribution in [0.3, 0.4) is 0 Å². The Bertz CT molecular complexity index is 490. The highest BCUT2D eigenvalue weighted by molar-refractivity contribution is 6.25. The van der Waals surface area contributed by atoms with E-state index in [9.17, 15) is 9.59 Å². The molecule has 0 aromatic heterocycles. The molecule has 1 aromatic carbocycles. The Hall–Kier alpha value is -1.68. The first-order chi connectivity index (χ1) is 8.15. The zero-order valence-corrected chi connectivity index (χ0v) is 9.59. The lowest BCUT2D eigenvalue weighted by atomic mass is 10.2. The monoisotopic (exact) mass is 230 g/mol. The van der Waals surface area contributed by atoms with Gasteiger partial charge in [-0.05, 0) is 37.1 Å². The molecule has 0 spiro atoms. The van der Waals surface area contributed by atoms with Gasteiger partial charge in [0.05, 0.1) is 17.5 Å². The van der Waals surface area contributed by atoms with E-state index < -0.39 is 0 Å². The summed E-state index contributed by atoms with van der Waals surface area (Å²) in [5.41, 5.74) is 7.26. The number of nitrogens with two attached hydrogens (primary N) is 1. The molecular formula is C13H14N2O2. The molecule has 1 heterocycles. The number of nitrogens with zero attached hydrogens (tertiary/aromatic N) is 1. The second-order valence-electron chi connectivity index (χ2n) is 4.80. The molecule has 0 radical (unpaired) electrons. The molecule has 2 fully saturated rings. The van der Waals surface area contributed by atoms with Crippen molar-refractivity contribution in [1.82, 2.24) is 0 Å². The van der Waals surface area contributed by atoms with Crippen LogP contribution in [0, 0.1) is 24.7 Å². The smallest absolute Gasteiger partial charge is 0.238 e. The molecular weight excluding hydrogens is 216 g/mol. The van der Waals surface area contributed by atoms with Gasteiger partial charge < -0.3 is 5.73 Å². The van der Waals surface area contributed by atoms with Crippen LogP contribution < -0.4 is 10.6 Å². The third-order valence-electron chi connectivity index (χ3n) is 3.71. The van der Waals surface area contributed by atoms with E-state index in [0.717, 1.165) is 5.56 Å². The largest absolute Gasteiger partial charge is 0.330 e. The van der Waals surface area contributed by atoms with Crippen LogP contribution in [-0.2, 0) is 9.59 Å². The molecule has 0 bridgehead atoms. The van der Waals surface area contributed by atoms with E-state index in [2.05, 4.69) is 0 Å². The van der Waals surface area contributed by atoms with E-state index in [0.29, 0.717) is 12.2 Å². The van der Waals surface area contributed by atoms with Crippen LogP contribution in [0.2, 0.25) is 0 Å². The number of rotatable bonds is 2. The van der Waals surface area contributed by atoms with E-state index in [-0.39, 0.29) is 29.6 Å². The second kappa shape index (κ2) is 3.40. The molecule has 88 valence electrons. The van der Waals surface area contributed by atoms with Crippen LogP contribution >= 0.6 is 0 Å². The fourth-order valence-corrected chi connectivity index (χ4v) is 2.77. The molecule has 3 rings (SSSR count). The number of amides is 2. The van der Waals surface area contributed by atoms with Gasteiger partial charge in [0, 0.05) is 0 Å². The molecule has 1 saturated carbocycles. The van der Waals surface area contributed by atoms with E-state index in [1.165, 1.54) is 4.90 Å². The van der Waals surface area contributed by atoms with Crippen molar-refractivity contribution in [3.05, 3.63) is 29.8 Å². The summed E-state index contributed by atoms with van der Waals surface area (Å²) in [4.78, 5) is 25.5. The van der Waals surface area contributed by atoms with E-state index >= 15 is 0 Å². The molecule has 4 nitrogen and oxygen atoms in total. The molecule has 2 amide bonds. The van der Waals surface area contributed by atoms with Gasteiger partial charge in [-0.2, -0.15) is 0 Å². The Labute approximate surface area is 99.4 Å². The summed E-state index contributed by atoms with van der Waals surface area (Å²) in [6.45, 7) is 2.37. The second-order valence-corrected chi connectivity index (χ2v) is 4.80. The summed E-state index contributed by atoms with van der Waals surface area (Å²) < 4.78 is 0.